The van der Waals surface area contributed by atoms with Crippen LogP contribution in [0.25, 0.3) is 0 Å². The van der Waals surface area contributed by atoms with Gasteiger partial charge in [0.05, 0.1) is 13.7 Å². The molecule has 0 bridgehead atoms. The van der Waals surface area contributed by atoms with Crippen molar-refractivity contribution in [1.29, 1.82) is 0 Å². The number of rotatable bonds is 8. The molecule has 0 fully saturated rings. The Morgan fingerprint density at radius 3 is 2.57 bits per heavy atom. The zero-order valence-corrected chi connectivity index (χ0v) is 13.1. The Labute approximate surface area is 124 Å². The minimum atomic E-state index is -4.01. The number of nitrogens with one attached hydrogen (secondary N) is 1. The van der Waals surface area contributed by atoms with E-state index in [1.54, 1.807) is 12.1 Å². The molecular weight excluding hydrogens is 302 g/mol. The summed E-state index contributed by atoms with van der Waals surface area (Å²) in [5, 5.41) is 3.11. The van der Waals surface area contributed by atoms with Gasteiger partial charge in [-0.25, -0.2) is 17.2 Å². The zero-order valence-electron chi connectivity index (χ0n) is 12.3. The van der Waals surface area contributed by atoms with Crippen molar-refractivity contribution in [3.8, 4) is 5.75 Å². The first-order valence-corrected chi connectivity index (χ1v) is 7.89. The summed E-state index contributed by atoms with van der Waals surface area (Å²) in [5.41, 5.74) is 0.851. The summed E-state index contributed by atoms with van der Waals surface area (Å²) >= 11 is 0. The van der Waals surface area contributed by atoms with Crippen LogP contribution in [-0.2, 0) is 16.6 Å². The molecule has 0 aromatic heterocycles. The Hall–Kier alpha value is -1.25. The quantitative estimate of drug-likeness (QED) is 0.791. The van der Waals surface area contributed by atoms with Gasteiger partial charge in [0.1, 0.15) is 10.6 Å². The second-order valence-corrected chi connectivity index (χ2v) is 6.46. The van der Waals surface area contributed by atoms with Crippen LogP contribution in [0, 0.1) is 0 Å². The van der Waals surface area contributed by atoms with Crippen molar-refractivity contribution < 1.29 is 21.9 Å². The molecule has 0 saturated carbocycles. The summed E-state index contributed by atoms with van der Waals surface area (Å²) in [6, 6.07) is 4.60. The molecule has 1 rings (SSSR count). The largest absolute Gasteiger partial charge is 0.495 e. The summed E-state index contributed by atoms with van der Waals surface area (Å²) < 4.78 is 55.0. The summed E-state index contributed by atoms with van der Waals surface area (Å²) in [7, 11) is -1.54. The molecule has 0 aliphatic carbocycles. The molecule has 0 unspecified atom stereocenters. The number of alkyl halides is 2. The molecule has 5 nitrogen and oxygen atoms in total. The second-order valence-electron chi connectivity index (χ2n) is 4.44. The molecule has 0 saturated heterocycles. The van der Waals surface area contributed by atoms with E-state index >= 15 is 0 Å². The first kappa shape index (κ1) is 17.8. The summed E-state index contributed by atoms with van der Waals surface area (Å²) in [5.74, 6) is 0.145. The molecule has 0 spiro atoms. The van der Waals surface area contributed by atoms with Crippen molar-refractivity contribution in [2.45, 2.75) is 24.8 Å². The predicted molar refractivity (Wildman–Crippen MR) is 76.2 cm³/mol. The second kappa shape index (κ2) is 7.67. The van der Waals surface area contributed by atoms with Crippen LogP contribution in [0.15, 0.2) is 23.1 Å². The van der Waals surface area contributed by atoms with Crippen LogP contribution in [0.1, 0.15) is 12.5 Å². The molecule has 0 atom stereocenters. The van der Waals surface area contributed by atoms with Gasteiger partial charge in [0.25, 0.3) is 6.43 Å². The molecule has 0 aliphatic rings. The van der Waals surface area contributed by atoms with E-state index < -0.39 is 23.0 Å². The van der Waals surface area contributed by atoms with Gasteiger partial charge >= 0.3 is 0 Å². The molecule has 21 heavy (non-hydrogen) atoms. The van der Waals surface area contributed by atoms with Crippen LogP contribution in [0.2, 0.25) is 0 Å². The first-order chi connectivity index (χ1) is 9.82. The highest BCUT2D eigenvalue weighted by Gasteiger charge is 2.27. The normalized spacial score (nSPS) is 12.1. The molecule has 0 radical (unpaired) electrons. The Morgan fingerprint density at radius 2 is 2.05 bits per heavy atom. The number of hydrogen-bond acceptors (Lipinski definition) is 4. The number of ether oxygens (including phenoxy) is 1. The van der Waals surface area contributed by atoms with Crippen LogP contribution < -0.4 is 10.1 Å². The number of methoxy groups -OCH3 is 1. The summed E-state index contributed by atoms with van der Waals surface area (Å²) in [6.45, 7) is 2.44. The smallest absolute Gasteiger partial charge is 0.252 e. The van der Waals surface area contributed by atoms with Gasteiger partial charge < -0.3 is 10.1 Å². The topological polar surface area (TPSA) is 58.6 Å². The molecular formula is C13H20F2N2O3S. The third kappa shape index (κ3) is 4.62. The van der Waals surface area contributed by atoms with Gasteiger partial charge in [-0.3, -0.25) is 0 Å². The fourth-order valence-electron chi connectivity index (χ4n) is 1.76. The highest BCUT2D eigenvalue weighted by molar-refractivity contribution is 7.89. The minimum Gasteiger partial charge on any atom is -0.495 e. The predicted octanol–water partition coefficient (Wildman–Crippen LogP) is 1.69. The summed E-state index contributed by atoms with van der Waals surface area (Å²) in [6.07, 6.45) is -2.73. The first-order valence-electron chi connectivity index (χ1n) is 6.45. The van der Waals surface area contributed by atoms with Crippen LogP contribution in [0.5, 0.6) is 5.75 Å². The van der Waals surface area contributed by atoms with Crippen molar-refractivity contribution in [3.05, 3.63) is 23.8 Å². The fraction of sp³-hybridized carbons (Fsp3) is 0.538. The average Bonchev–Trinajstić information content (AvgIpc) is 2.43. The van der Waals surface area contributed by atoms with Crippen LogP contribution in [0.4, 0.5) is 8.78 Å². The maximum absolute atomic E-state index is 12.4. The van der Waals surface area contributed by atoms with E-state index in [0.29, 0.717) is 10.8 Å². The van der Waals surface area contributed by atoms with Gasteiger partial charge in [-0.05, 0) is 24.2 Å². The van der Waals surface area contributed by atoms with E-state index in [2.05, 4.69) is 5.32 Å². The fourth-order valence-corrected chi connectivity index (χ4v) is 3.05. The van der Waals surface area contributed by atoms with E-state index in [1.165, 1.54) is 13.2 Å². The summed E-state index contributed by atoms with van der Waals surface area (Å²) in [4.78, 5) is -0.117. The molecule has 1 N–H and O–H groups in total. The lowest BCUT2D eigenvalue weighted by Gasteiger charge is -2.19. The number of halogens is 2. The van der Waals surface area contributed by atoms with E-state index in [0.717, 1.165) is 19.2 Å². The lowest BCUT2D eigenvalue weighted by molar-refractivity contribution is 0.126. The number of hydrogen-bond donors (Lipinski definition) is 1. The molecule has 8 heteroatoms. The third-order valence-corrected chi connectivity index (χ3v) is 4.75. The van der Waals surface area contributed by atoms with E-state index in [-0.39, 0.29) is 10.6 Å². The van der Waals surface area contributed by atoms with Crippen molar-refractivity contribution in [3.63, 3.8) is 0 Å². The monoisotopic (exact) mass is 322 g/mol. The Kier molecular flexibility index (Phi) is 6.50. The van der Waals surface area contributed by atoms with Gasteiger partial charge in [-0.1, -0.05) is 13.0 Å². The number of nitrogens with zero attached hydrogens (tertiary/aromatic N) is 1. The Morgan fingerprint density at radius 1 is 1.38 bits per heavy atom. The van der Waals surface area contributed by atoms with Crippen molar-refractivity contribution in [2.75, 3.05) is 27.2 Å². The van der Waals surface area contributed by atoms with Crippen molar-refractivity contribution in [1.82, 2.24) is 9.62 Å². The Bertz CT molecular complexity index is 565. The van der Waals surface area contributed by atoms with E-state index in [1.807, 2.05) is 6.92 Å². The molecule has 0 amide bonds. The molecule has 1 aromatic rings. The van der Waals surface area contributed by atoms with Gasteiger partial charge in [-0.2, -0.15) is 4.31 Å². The zero-order chi connectivity index (χ0) is 16.0. The number of benzene rings is 1. The maximum Gasteiger partial charge on any atom is 0.252 e. The van der Waals surface area contributed by atoms with Crippen LogP contribution >= 0.6 is 0 Å². The molecule has 1 aromatic carbocycles. The van der Waals surface area contributed by atoms with Gasteiger partial charge in [0.2, 0.25) is 10.0 Å². The van der Waals surface area contributed by atoms with Gasteiger partial charge in [0, 0.05) is 13.6 Å². The van der Waals surface area contributed by atoms with Crippen molar-refractivity contribution in [2.24, 2.45) is 0 Å². The highest BCUT2D eigenvalue weighted by atomic mass is 32.2. The molecule has 120 valence electrons. The van der Waals surface area contributed by atoms with Gasteiger partial charge in [0.15, 0.2) is 0 Å². The third-order valence-electron chi connectivity index (χ3n) is 2.89. The Balaban J connectivity index is 3.11. The van der Waals surface area contributed by atoms with Crippen LogP contribution in [-0.4, -0.2) is 46.4 Å². The molecule has 0 aliphatic heterocycles. The van der Waals surface area contributed by atoms with Crippen LogP contribution in [0.3, 0.4) is 0 Å². The maximum atomic E-state index is 12.4. The lowest BCUT2D eigenvalue weighted by Crippen LogP contribution is -2.31. The average molecular weight is 322 g/mol. The SMILES string of the molecule is CCNCc1ccc(S(=O)(=O)N(C)CC(F)F)c(OC)c1. The van der Waals surface area contributed by atoms with Gasteiger partial charge in [-0.15, -0.1) is 0 Å². The highest BCUT2D eigenvalue weighted by Crippen LogP contribution is 2.27. The molecule has 0 heterocycles. The van der Waals surface area contributed by atoms with Crippen molar-refractivity contribution >= 4 is 10.0 Å². The minimum absolute atomic E-state index is 0.117. The van der Waals surface area contributed by atoms with E-state index in [9.17, 15) is 17.2 Å². The lowest BCUT2D eigenvalue weighted by atomic mass is 10.2. The standard InChI is InChI=1S/C13H20F2N2O3S/c1-4-16-8-10-5-6-12(11(7-10)20-3)21(18,19)17(2)9-13(14)15/h5-7,13,16H,4,8-9H2,1-3H3. The number of sulfonamides is 1. The van der Waals surface area contributed by atoms with E-state index in [4.69, 9.17) is 4.74 Å².